The maximum Gasteiger partial charge on any atom is 0.244 e. The Labute approximate surface area is 111 Å². The molecule has 0 saturated heterocycles. The molecule has 19 heavy (non-hydrogen) atoms. The van der Waals surface area contributed by atoms with Gasteiger partial charge >= 0.3 is 0 Å². The highest BCUT2D eigenvalue weighted by Gasteiger charge is 2.28. The first-order chi connectivity index (χ1) is 8.70. The van der Waals surface area contributed by atoms with Gasteiger partial charge in [-0.1, -0.05) is 0 Å². The summed E-state index contributed by atoms with van der Waals surface area (Å²) in [6, 6.07) is 2.82. The van der Waals surface area contributed by atoms with E-state index in [1.807, 2.05) is 0 Å². The molecule has 0 aliphatic carbocycles. The smallest absolute Gasteiger partial charge is 0.244 e. The summed E-state index contributed by atoms with van der Waals surface area (Å²) < 4.78 is 26.5. The summed E-state index contributed by atoms with van der Waals surface area (Å²) in [6.45, 7) is 2.97. The molecule has 0 bridgehead atoms. The number of hydrogen-bond acceptors (Lipinski definition) is 6. The van der Waals surface area contributed by atoms with E-state index in [9.17, 15) is 13.2 Å². The zero-order valence-electron chi connectivity index (χ0n) is 10.7. The van der Waals surface area contributed by atoms with Crippen molar-refractivity contribution in [2.24, 2.45) is 17.0 Å². The fourth-order valence-electron chi connectivity index (χ4n) is 1.16. The number of rotatable bonds is 6. The van der Waals surface area contributed by atoms with Gasteiger partial charge in [0.1, 0.15) is 4.90 Å². The minimum atomic E-state index is -3.83. The Hall–Kier alpha value is -1.71. The van der Waals surface area contributed by atoms with Crippen LogP contribution >= 0.6 is 0 Å². The molecule has 1 aromatic rings. The van der Waals surface area contributed by atoms with E-state index in [0.29, 0.717) is 0 Å². The van der Waals surface area contributed by atoms with Crippen LogP contribution in [0.4, 0.5) is 5.82 Å². The maximum absolute atomic E-state index is 12.1. The van der Waals surface area contributed by atoms with E-state index in [2.05, 4.69) is 15.1 Å². The highest BCUT2D eigenvalue weighted by Crippen LogP contribution is 2.18. The van der Waals surface area contributed by atoms with Crippen LogP contribution in [0.1, 0.15) is 13.8 Å². The summed E-state index contributed by atoms with van der Waals surface area (Å²) in [5, 5.41) is 0. The second-order valence-electron chi connectivity index (χ2n) is 4.57. The third-order valence-electron chi connectivity index (χ3n) is 2.57. The first-order valence-electron chi connectivity index (χ1n) is 5.42. The molecule has 0 aliphatic rings. The molecule has 106 valence electrons. The molecule has 1 aromatic heterocycles. The summed E-state index contributed by atoms with van der Waals surface area (Å²) in [4.78, 5) is 14.8. The number of pyridine rings is 1. The van der Waals surface area contributed by atoms with Crippen molar-refractivity contribution < 1.29 is 13.2 Å². The lowest BCUT2D eigenvalue weighted by molar-refractivity contribution is -0.125. The number of carbonyl (C=O) groups excluding carboxylic acids is 1. The molecule has 0 aliphatic heterocycles. The van der Waals surface area contributed by atoms with Gasteiger partial charge in [-0.2, -0.15) is 0 Å². The van der Waals surface area contributed by atoms with Crippen molar-refractivity contribution in [3.8, 4) is 0 Å². The van der Waals surface area contributed by atoms with Crippen LogP contribution in [-0.2, 0) is 14.8 Å². The van der Waals surface area contributed by atoms with E-state index in [4.69, 9.17) is 11.6 Å². The number of nitrogens with one attached hydrogen (secondary N) is 2. The molecule has 0 unspecified atom stereocenters. The predicted molar refractivity (Wildman–Crippen MR) is 70.2 cm³/mol. The summed E-state index contributed by atoms with van der Waals surface area (Å²) in [5.41, 5.74) is 6.38. The fraction of sp³-hybridized carbons (Fsp3) is 0.400. The Morgan fingerprint density at radius 3 is 2.63 bits per heavy atom. The minimum absolute atomic E-state index is 0.0203. The Morgan fingerprint density at radius 2 is 2.11 bits per heavy atom. The van der Waals surface area contributed by atoms with Crippen LogP contribution in [0, 0.1) is 5.41 Å². The molecule has 0 atom stereocenters. The van der Waals surface area contributed by atoms with E-state index in [1.54, 1.807) is 13.8 Å². The monoisotopic (exact) mass is 287 g/mol. The van der Waals surface area contributed by atoms with Crippen LogP contribution < -0.4 is 21.7 Å². The van der Waals surface area contributed by atoms with E-state index in [0.717, 1.165) is 0 Å². The van der Waals surface area contributed by atoms with Crippen LogP contribution in [0.2, 0.25) is 0 Å². The van der Waals surface area contributed by atoms with Crippen LogP contribution in [0.25, 0.3) is 0 Å². The van der Waals surface area contributed by atoms with Crippen molar-refractivity contribution in [1.82, 2.24) is 9.71 Å². The van der Waals surface area contributed by atoms with Crippen LogP contribution in [-0.4, -0.2) is 25.9 Å². The van der Waals surface area contributed by atoms with Gasteiger partial charge in [-0.15, -0.1) is 0 Å². The second kappa shape index (κ2) is 5.51. The molecule has 0 saturated carbocycles. The third kappa shape index (κ3) is 3.63. The molecule has 9 heteroatoms. The summed E-state index contributed by atoms with van der Waals surface area (Å²) >= 11 is 0. The SMILES string of the molecule is CC(C)(CNS(=O)(=O)c1cccnc1NN)C(N)=O. The standard InChI is InChI=1S/C10H17N5O3S/c1-10(2,9(11)16)6-14-19(17,18)7-4-3-5-13-8(7)15-12/h3-5,14H,6,12H2,1-2H3,(H2,11,16)(H,13,15). The molecule has 0 radical (unpaired) electrons. The summed E-state index contributed by atoms with van der Waals surface area (Å²) in [6.07, 6.45) is 1.40. The number of amides is 1. The lowest BCUT2D eigenvalue weighted by Gasteiger charge is -2.21. The van der Waals surface area contributed by atoms with Gasteiger partial charge in [0.2, 0.25) is 15.9 Å². The van der Waals surface area contributed by atoms with Crippen LogP contribution in [0.3, 0.4) is 0 Å². The van der Waals surface area contributed by atoms with Crippen molar-refractivity contribution in [3.63, 3.8) is 0 Å². The van der Waals surface area contributed by atoms with Crippen molar-refractivity contribution >= 4 is 21.7 Å². The number of primary amides is 1. The number of nitrogens with two attached hydrogens (primary N) is 2. The van der Waals surface area contributed by atoms with Crippen LogP contribution in [0.15, 0.2) is 23.2 Å². The molecule has 8 nitrogen and oxygen atoms in total. The zero-order valence-corrected chi connectivity index (χ0v) is 11.5. The third-order valence-corrected chi connectivity index (χ3v) is 4.00. The number of nitrogen functional groups attached to an aromatic ring is 1. The lowest BCUT2D eigenvalue weighted by Crippen LogP contribution is -2.42. The van der Waals surface area contributed by atoms with E-state index in [1.165, 1.54) is 18.3 Å². The van der Waals surface area contributed by atoms with Gasteiger partial charge in [0.25, 0.3) is 0 Å². The van der Waals surface area contributed by atoms with Gasteiger partial charge in [0.05, 0.1) is 5.41 Å². The number of aromatic nitrogens is 1. The Bertz CT molecular complexity index is 570. The van der Waals surface area contributed by atoms with Gasteiger partial charge < -0.3 is 11.2 Å². The van der Waals surface area contributed by atoms with E-state index in [-0.39, 0.29) is 17.3 Å². The number of hydrogen-bond donors (Lipinski definition) is 4. The zero-order chi connectivity index (χ0) is 14.7. The molecule has 6 N–H and O–H groups in total. The average Bonchev–Trinajstić information content (AvgIpc) is 2.36. The molecule has 0 aromatic carbocycles. The number of carbonyl (C=O) groups is 1. The van der Waals surface area contributed by atoms with Crippen LogP contribution in [0.5, 0.6) is 0 Å². The average molecular weight is 287 g/mol. The van der Waals surface area contributed by atoms with E-state index < -0.39 is 21.3 Å². The number of nitrogens with zero attached hydrogens (tertiary/aromatic N) is 1. The summed E-state index contributed by atoms with van der Waals surface area (Å²) in [7, 11) is -3.83. The Morgan fingerprint density at radius 1 is 1.47 bits per heavy atom. The molecule has 1 heterocycles. The molecule has 0 spiro atoms. The second-order valence-corrected chi connectivity index (χ2v) is 6.30. The van der Waals surface area contributed by atoms with Crippen molar-refractivity contribution in [2.75, 3.05) is 12.0 Å². The molecule has 0 fully saturated rings. The van der Waals surface area contributed by atoms with Gasteiger partial charge in [0.15, 0.2) is 5.82 Å². The van der Waals surface area contributed by atoms with Crippen molar-refractivity contribution in [1.29, 1.82) is 0 Å². The molecular formula is C10H17N5O3S. The quantitative estimate of drug-likeness (QED) is 0.397. The molecule has 1 rings (SSSR count). The molecule has 1 amide bonds. The minimum Gasteiger partial charge on any atom is -0.369 e. The maximum atomic E-state index is 12.1. The fourth-order valence-corrected chi connectivity index (χ4v) is 2.49. The first-order valence-corrected chi connectivity index (χ1v) is 6.90. The number of sulfonamides is 1. The first kappa shape index (κ1) is 15.3. The van der Waals surface area contributed by atoms with Crippen molar-refractivity contribution in [2.45, 2.75) is 18.7 Å². The predicted octanol–water partition coefficient (Wildman–Crippen LogP) is -0.843. The number of anilines is 1. The highest BCUT2D eigenvalue weighted by molar-refractivity contribution is 7.89. The topological polar surface area (TPSA) is 140 Å². The number of hydrazine groups is 1. The highest BCUT2D eigenvalue weighted by atomic mass is 32.2. The van der Waals surface area contributed by atoms with Gasteiger partial charge in [-0.25, -0.2) is 24.0 Å². The van der Waals surface area contributed by atoms with Gasteiger partial charge in [-0.05, 0) is 26.0 Å². The Balaban J connectivity index is 2.97. The van der Waals surface area contributed by atoms with Gasteiger partial charge in [0, 0.05) is 12.7 Å². The lowest BCUT2D eigenvalue weighted by atomic mass is 9.93. The molecular weight excluding hydrogens is 270 g/mol. The Kier molecular flexibility index (Phi) is 4.45. The summed E-state index contributed by atoms with van der Waals surface area (Å²) in [5.74, 6) is 4.62. The largest absolute Gasteiger partial charge is 0.369 e. The van der Waals surface area contributed by atoms with E-state index >= 15 is 0 Å². The van der Waals surface area contributed by atoms with Crippen molar-refractivity contribution in [3.05, 3.63) is 18.3 Å². The van der Waals surface area contributed by atoms with Gasteiger partial charge in [-0.3, -0.25) is 4.79 Å². The normalized spacial score (nSPS) is 12.2.